The van der Waals surface area contributed by atoms with Crippen LogP contribution in [0, 0.1) is 0 Å². The summed E-state index contributed by atoms with van der Waals surface area (Å²) < 4.78 is 40.1. The van der Waals surface area contributed by atoms with E-state index in [-0.39, 0.29) is 24.6 Å². The topological polar surface area (TPSA) is 58.6 Å². The van der Waals surface area contributed by atoms with E-state index in [0.29, 0.717) is 11.4 Å². The molecule has 9 heteroatoms. The van der Waals surface area contributed by atoms with E-state index in [2.05, 4.69) is 10.1 Å². The van der Waals surface area contributed by atoms with Crippen molar-refractivity contribution in [2.75, 3.05) is 24.7 Å². The molecule has 0 heterocycles. The SMILES string of the molecule is CN(CC(=O)Nc1ccc(OC(F)(F)F)cc1)C(=O)CCSc1ccccc1. The maximum absolute atomic E-state index is 12.1. The number of halogens is 3. The summed E-state index contributed by atoms with van der Waals surface area (Å²) in [5, 5.41) is 2.52. The zero-order valence-corrected chi connectivity index (χ0v) is 15.8. The third-order valence-corrected chi connectivity index (χ3v) is 4.52. The molecule has 0 aliphatic rings. The molecule has 0 fully saturated rings. The number of anilines is 1. The second kappa shape index (κ2) is 10.0. The molecular weight excluding hydrogens is 393 g/mol. The third-order valence-electron chi connectivity index (χ3n) is 3.51. The van der Waals surface area contributed by atoms with Gasteiger partial charge < -0.3 is 15.0 Å². The van der Waals surface area contributed by atoms with Gasteiger partial charge in [-0.3, -0.25) is 9.59 Å². The number of rotatable bonds is 8. The number of carbonyl (C=O) groups excluding carboxylic acids is 2. The molecule has 2 amide bonds. The van der Waals surface area contributed by atoms with Gasteiger partial charge in [0.05, 0.1) is 6.54 Å². The Labute approximate surface area is 164 Å². The lowest BCUT2D eigenvalue weighted by atomic mass is 10.3. The van der Waals surface area contributed by atoms with E-state index in [4.69, 9.17) is 0 Å². The van der Waals surface area contributed by atoms with Crippen LogP contribution < -0.4 is 10.1 Å². The first kappa shape index (κ1) is 21.6. The molecular formula is C19H19F3N2O3S. The molecule has 0 unspecified atom stereocenters. The summed E-state index contributed by atoms with van der Waals surface area (Å²) in [6, 6.07) is 14.4. The summed E-state index contributed by atoms with van der Waals surface area (Å²) in [6.45, 7) is -0.157. The number of amides is 2. The molecule has 2 rings (SSSR count). The molecule has 0 atom stereocenters. The van der Waals surface area contributed by atoms with Crippen LogP contribution in [0.1, 0.15) is 6.42 Å². The Morgan fingerprint density at radius 2 is 1.71 bits per heavy atom. The van der Waals surface area contributed by atoms with Gasteiger partial charge in [-0.05, 0) is 36.4 Å². The van der Waals surface area contributed by atoms with Crippen LogP contribution in [-0.4, -0.2) is 42.4 Å². The smallest absolute Gasteiger partial charge is 0.406 e. The lowest BCUT2D eigenvalue weighted by Gasteiger charge is -2.17. The largest absolute Gasteiger partial charge is 0.573 e. The second-order valence-corrected chi connectivity index (χ2v) is 6.95. The predicted octanol–water partition coefficient (Wildman–Crippen LogP) is 4.16. The average molecular weight is 412 g/mol. The van der Waals surface area contributed by atoms with Crippen LogP contribution in [0.4, 0.5) is 18.9 Å². The number of hydrogen-bond donors (Lipinski definition) is 1. The van der Waals surface area contributed by atoms with E-state index in [1.165, 1.54) is 24.1 Å². The number of carbonyl (C=O) groups is 2. The molecule has 0 radical (unpaired) electrons. The molecule has 0 aliphatic heterocycles. The van der Waals surface area contributed by atoms with Crippen molar-refractivity contribution in [3.8, 4) is 5.75 Å². The van der Waals surface area contributed by atoms with Crippen molar-refractivity contribution in [3.63, 3.8) is 0 Å². The number of nitrogens with one attached hydrogen (secondary N) is 1. The average Bonchev–Trinajstić information content (AvgIpc) is 2.63. The van der Waals surface area contributed by atoms with Gasteiger partial charge in [0.15, 0.2) is 0 Å². The number of ether oxygens (including phenoxy) is 1. The fraction of sp³-hybridized carbons (Fsp3) is 0.263. The van der Waals surface area contributed by atoms with Crippen molar-refractivity contribution in [3.05, 3.63) is 54.6 Å². The van der Waals surface area contributed by atoms with Gasteiger partial charge in [-0.2, -0.15) is 0 Å². The molecule has 0 bridgehead atoms. The monoisotopic (exact) mass is 412 g/mol. The number of alkyl halides is 3. The molecule has 0 saturated heterocycles. The molecule has 0 aliphatic carbocycles. The molecule has 2 aromatic rings. The van der Waals surface area contributed by atoms with Crippen LogP contribution in [0.5, 0.6) is 5.75 Å². The molecule has 0 spiro atoms. The Balaban J connectivity index is 1.74. The highest BCUT2D eigenvalue weighted by molar-refractivity contribution is 7.99. The van der Waals surface area contributed by atoms with E-state index in [1.54, 1.807) is 11.8 Å². The molecule has 0 aromatic heterocycles. The fourth-order valence-electron chi connectivity index (χ4n) is 2.21. The first-order valence-electron chi connectivity index (χ1n) is 8.30. The highest BCUT2D eigenvalue weighted by Crippen LogP contribution is 2.24. The predicted molar refractivity (Wildman–Crippen MR) is 101 cm³/mol. The van der Waals surface area contributed by atoms with Crippen molar-refractivity contribution in [2.24, 2.45) is 0 Å². The number of thioether (sulfide) groups is 1. The van der Waals surface area contributed by atoms with Gasteiger partial charge in [-0.1, -0.05) is 18.2 Å². The summed E-state index contributed by atoms with van der Waals surface area (Å²) in [5.74, 6) is -0.410. The van der Waals surface area contributed by atoms with Crippen LogP contribution in [0.25, 0.3) is 0 Å². The third kappa shape index (κ3) is 7.91. The Hall–Kier alpha value is -2.68. The maximum Gasteiger partial charge on any atom is 0.573 e. The Kier molecular flexibility index (Phi) is 7.74. The van der Waals surface area contributed by atoms with Crippen molar-refractivity contribution in [2.45, 2.75) is 17.7 Å². The van der Waals surface area contributed by atoms with E-state index in [9.17, 15) is 22.8 Å². The number of benzene rings is 2. The van der Waals surface area contributed by atoms with Gasteiger partial charge in [0.1, 0.15) is 5.75 Å². The van der Waals surface area contributed by atoms with Gasteiger partial charge in [0.25, 0.3) is 0 Å². The molecule has 150 valence electrons. The van der Waals surface area contributed by atoms with Crippen molar-refractivity contribution in [1.29, 1.82) is 0 Å². The summed E-state index contributed by atoms with van der Waals surface area (Å²) in [4.78, 5) is 26.5. The Bertz CT molecular complexity index is 783. The molecule has 0 saturated carbocycles. The highest BCUT2D eigenvalue weighted by Gasteiger charge is 2.30. The Morgan fingerprint density at radius 3 is 2.32 bits per heavy atom. The van der Waals surface area contributed by atoms with E-state index < -0.39 is 12.3 Å². The van der Waals surface area contributed by atoms with E-state index in [0.717, 1.165) is 17.0 Å². The molecule has 5 nitrogen and oxygen atoms in total. The van der Waals surface area contributed by atoms with Crippen LogP contribution in [0.3, 0.4) is 0 Å². The minimum Gasteiger partial charge on any atom is -0.406 e. The fourth-order valence-corrected chi connectivity index (χ4v) is 3.07. The standard InChI is InChI=1S/C19H19F3N2O3S/c1-24(18(26)11-12-28-16-5-3-2-4-6-16)13-17(25)23-14-7-9-15(10-8-14)27-19(20,21)22/h2-10H,11-13H2,1H3,(H,23,25). The van der Waals surface area contributed by atoms with Gasteiger partial charge in [-0.15, -0.1) is 24.9 Å². The number of likely N-dealkylation sites (N-methyl/N-ethyl adjacent to an activating group) is 1. The van der Waals surface area contributed by atoms with Gasteiger partial charge in [0, 0.05) is 29.8 Å². The zero-order valence-electron chi connectivity index (χ0n) is 15.0. The van der Waals surface area contributed by atoms with Crippen molar-refractivity contribution >= 4 is 29.3 Å². The zero-order chi connectivity index (χ0) is 20.6. The van der Waals surface area contributed by atoms with Crippen LogP contribution in [0.2, 0.25) is 0 Å². The van der Waals surface area contributed by atoms with Gasteiger partial charge >= 0.3 is 6.36 Å². The summed E-state index contributed by atoms with van der Waals surface area (Å²) in [6.07, 6.45) is -4.49. The van der Waals surface area contributed by atoms with Gasteiger partial charge in [-0.25, -0.2) is 0 Å². The summed E-state index contributed by atoms with van der Waals surface area (Å²) >= 11 is 1.55. The van der Waals surface area contributed by atoms with Crippen LogP contribution in [0.15, 0.2) is 59.5 Å². The molecule has 28 heavy (non-hydrogen) atoms. The lowest BCUT2D eigenvalue weighted by Crippen LogP contribution is -2.35. The Morgan fingerprint density at radius 1 is 1.07 bits per heavy atom. The summed E-state index contributed by atoms with van der Waals surface area (Å²) in [5.41, 5.74) is 0.306. The first-order chi connectivity index (χ1) is 13.2. The summed E-state index contributed by atoms with van der Waals surface area (Å²) in [7, 11) is 1.52. The lowest BCUT2D eigenvalue weighted by molar-refractivity contribution is -0.274. The number of hydrogen-bond acceptors (Lipinski definition) is 4. The highest BCUT2D eigenvalue weighted by atomic mass is 32.2. The maximum atomic E-state index is 12.1. The van der Waals surface area contributed by atoms with E-state index >= 15 is 0 Å². The van der Waals surface area contributed by atoms with Crippen molar-refractivity contribution < 1.29 is 27.5 Å². The van der Waals surface area contributed by atoms with Crippen LogP contribution in [-0.2, 0) is 9.59 Å². The second-order valence-electron chi connectivity index (χ2n) is 5.78. The minimum absolute atomic E-state index is 0.157. The van der Waals surface area contributed by atoms with Crippen LogP contribution >= 0.6 is 11.8 Å². The normalized spacial score (nSPS) is 11.0. The minimum atomic E-state index is -4.77. The first-order valence-corrected chi connectivity index (χ1v) is 9.29. The van der Waals surface area contributed by atoms with Gasteiger partial charge in [0.2, 0.25) is 11.8 Å². The van der Waals surface area contributed by atoms with Crippen molar-refractivity contribution in [1.82, 2.24) is 4.90 Å². The molecule has 1 N–H and O–H groups in total. The van der Waals surface area contributed by atoms with E-state index in [1.807, 2.05) is 30.3 Å². The molecule has 2 aromatic carbocycles. The quantitative estimate of drug-likeness (QED) is 0.662. The number of nitrogens with zero attached hydrogens (tertiary/aromatic N) is 1.